The topological polar surface area (TPSA) is 29.5 Å². The Hall–Kier alpha value is -2.56. The number of nitrogens with zero attached hydrogens (tertiary/aromatic N) is 1. The van der Waals surface area contributed by atoms with E-state index in [0.717, 1.165) is 29.7 Å². The summed E-state index contributed by atoms with van der Waals surface area (Å²) in [4.78, 5) is 15.1. The number of hydrogen-bond donors (Lipinski definition) is 0. The maximum absolute atomic E-state index is 13.6. The molecule has 3 aromatic rings. The third-order valence-electron chi connectivity index (χ3n) is 5.25. The molecule has 0 fully saturated rings. The average Bonchev–Trinajstić information content (AvgIpc) is 2.74. The largest absolute Gasteiger partial charge is 0.487 e. The Bertz CT molecular complexity index is 1100. The number of halogens is 3. The van der Waals surface area contributed by atoms with Crippen molar-refractivity contribution in [3.63, 3.8) is 0 Å². The third kappa shape index (κ3) is 4.30. The van der Waals surface area contributed by atoms with Gasteiger partial charge in [-0.15, -0.1) is 0 Å². The van der Waals surface area contributed by atoms with Gasteiger partial charge < -0.3 is 9.64 Å². The molecular formula is C24H20Cl2FNO2. The SMILES string of the molecule is C[C@H]1CCc2cc(F)ccc2N1C(=O)c1cccc(COc2cc(Cl)ccc2Cl)c1. The Morgan fingerprint density at radius 3 is 2.80 bits per heavy atom. The van der Waals surface area contributed by atoms with E-state index in [1.807, 2.05) is 25.1 Å². The van der Waals surface area contributed by atoms with Crippen molar-refractivity contribution in [2.45, 2.75) is 32.4 Å². The zero-order valence-corrected chi connectivity index (χ0v) is 17.9. The second-order valence-corrected chi connectivity index (χ2v) is 8.24. The molecule has 6 heteroatoms. The number of carbonyl (C=O) groups is 1. The molecule has 0 saturated heterocycles. The molecule has 0 spiro atoms. The second kappa shape index (κ2) is 8.66. The Balaban J connectivity index is 1.56. The summed E-state index contributed by atoms with van der Waals surface area (Å²) < 4.78 is 19.4. The van der Waals surface area contributed by atoms with Crippen LogP contribution in [0.4, 0.5) is 10.1 Å². The maximum atomic E-state index is 13.6. The molecule has 30 heavy (non-hydrogen) atoms. The zero-order chi connectivity index (χ0) is 21.3. The number of amides is 1. The molecule has 1 atom stereocenters. The first-order chi connectivity index (χ1) is 14.4. The first-order valence-electron chi connectivity index (χ1n) is 9.71. The molecule has 0 N–H and O–H groups in total. The summed E-state index contributed by atoms with van der Waals surface area (Å²) in [7, 11) is 0. The molecule has 1 heterocycles. The van der Waals surface area contributed by atoms with Gasteiger partial charge in [-0.3, -0.25) is 4.79 Å². The first kappa shape index (κ1) is 20.7. The smallest absolute Gasteiger partial charge is 0.258 e. The monoisotopic (exact) mass is 443 g/mol. The average molecular weight is 444 g/mol. The molecule has 3 nitrogen and oxygen atoms in total. The summed E-state index contributed by atoms with van der Waals surface area (Å²) in [5.41, 5.74) is 3.02. The Morgan fingerprint density at radius 1 is 1.13 bits per heavy atom. The summed E-state index contributed by atoms with van der Waals surface area (Å²) in [5, 5.41) is 1.00. The predicted octanol–water partition coefficient (Wildman–Crippen LogP) is 6.69. The highest BCUT2D eigenvalue weighted by Gasteiger charge is 2.29. The molecule has 0 unspecified atom stereocenters. The quantitative estimate of drug-likeness (QED) is 0.449. The molecule has 0 saturated carbocycles. The third-order valence-corrected chi connectivity index (χ3v) is 5.80. The van der Waals surface area contributed by atoms with Crippen molar-refractivity contribution in [1.29, 1.82) is 0 Å². The number of hydrogen-bond acceptors (Lipinski definition) is 2. The van der Waals surface area contributed by atoms with E-state index < -0.39 is 0 Å². The lowest BCUT2D eigenvalue weighted by atomic mass is 9.95. The van der Waals surface area contributed by atoms with Crippen LogP contribution in [0, 0.1) is 5.82 Å². The van der Waals surface area contributed by atoms with Gasteiger partial charge in [0, 0.05) is 28.4 Å². The lowest BCUT2D eigenvalue weighted by Gasteiger charge is -2.35. The van der Waals surface area contributed by atoms with Gasteiger partial charge >= 0.3 is 0 Å². The highest BCUT2D eigenvalue weighted by Crippen LogP contribution is 2.33. The number of benzene rings is 3. The van der Waals surface area contributed by atoms with Crippen molar-refractivity contribution in [2.24, 2.45) is 0 Å². The van der Waals surface area contributed by atoms with E-state index in [9.17, 15) is 9.18 Å². The van der Waals surface area contributed by atoms with Gasteiger partial charge in [0.05, 0.1) is 5.02 Å². The van der Waals surface area contributed by atoms with Gasteiger partial charge in [0.1, 0.15) is 18.2 Å². The van der Waals surface area contributed by atoms with Crippen LogP contribution in [-0.2, 0) is 13.0 Å². The fourth-order valence-electron chi connectivity index (χ4n) is 3.71. The Labute approximate surface area is 185 Å². The molecule has 0 radical (unpaired) electrons. The van der Waals surface area contributed by atoms with Crippen LogP contribution in [0.1, 0.15) is 34.8 Å². The van der Waals surface area contributed by atoms with Gasteiger partial charge in [0.25, 0.3) is 5.91 Å². The lowest BCUT2D eigenvalue weighted by Crippen LogP contribution is -2.42. The summed E-state index contributed by atoms with van der Waals surface area (Å²) in [6.45, 7) is 2.26. The van der Waals surface area contributed by atoms with Crippen LogP contribution in [-0.4, -0.2) is 11.9 Å². The molecule has 1 amide bonds. The molecule has 1 aliphatic heterocycles. The molecule has 0 bridgehead atoms. The molecule has 4 rings (SSSR count). The van der Waals surface area contributed by atoms with Crippen LogP contribution in [0.25, 0.3) is 0 Å². The van der Waals surface area contributed by atoms with Crippen LogP contribution in [0.5, 0.6) is 5.75 Å². The van der Waals surface area contributed by atoms with Crippen molar-refractivity contribution in [3.8, 4) is 5.75 Å². The van der Waals surface area contributed by atoms with Gasteiger partial charge in [-0.1, -0.05) is 35.3 Å². The fourth-order valence-corrected chi connectivity index (χ4v) is 4.05. The van der Waals surface area contributed by atoms with Gasteiger partial charge in [-0.05, 0) is 73.4 Å². The summed E-state index contributed by atoms with van der Waals surface area (Å²) in [5.74, 6) is 0.0914. The summed E-state index contributed by atoms with van der Waals surface area (Å²) >= 11 is 12.2. The van der Waals surface area contributed by atoms with E-state index in [2.05, 4.69) is 0 Å². The molecule has 0 aliphatic carbocycles. The summed E-state index contributed by atoms with van der Waals surface area (Å²) in [6.07, 6.45) is 1.55. The minimum atomic E-state index is -0.283. The Kier molecular flexibility index (Phi) is 5.98. The number of rotatable bonds is 4. The highest BCUT2D eigenvalue weighted by molar-refractivity contribution is 6.34. The number of carbonyl (C=O) groups excluding carboxylic acids is 1. The number of fused-ring (bicyclic) bond motifs is 1. The van der Waals surface area contributed by atoms with Crippen LogP contribution < -0.4 is 9.64 Å². The first-order valence-corrected chi connectivity index (χ1v) is 10.5. The number of aryl methyl sites for hydroxylation is 1. The van der Waals surface area contributed by atoms with Crippen LogP contribution in [0.2, 0.25) is 10.0 Å². The molecule has 154 valence electrons. The normalized spacial score (nSPS) is 15.6. The van der Waals surface area contributed by atoms with E-state index in [4.69, 9.17) is 27.9 Å². The summed E-state index contributed by atoms with van der Waals surface area (Å²) in [6, 6.07) is 17.0. The molecule has 3 aromatic carbocycles. The minimum absolute atomic E-state index is 0.0284. The van der Waals surface area contributed by atoms with E-state index in [-0.39, 0.29) is 24.4 Å². The van der Waals surface area contributed by atoms with Gasteiger partial charge in [0.15, 0.2) is 0 Å². The van der Waals surface area contributed by atoms with Gasteiger partial charge in [0.2, 0.25) is 0 Å². The number of anilines is 1. The van der Waals surface area contributed by atoms with Gasteiger partial charge in [-0.2, -0.15) is 0 Å². The molecular weight excluding hydrogens is 424 g/mol. The van der Waals surface area contributed by atoms with Crippen molar-refractivity contribution >= 4 is 34.8 Å². The minimum Gasteiger partial charge on any atom is -0.487 e. The number of ether oxygens (including phenoxy) is 1. The van der Waals surface area contributed by atoms with Crippen LogP contribution >= 0.6 is 23.2 Å². The fraction of sp³-hybridized carbons (Fsp3) is 0.208. The molecule has 1 aliphatic rings. The van der Waals surface area contributed by atoms with Crippen molar-refractivity contribution in [3.05, 3.63) is 93.2 Å². The predicted molar refractivity (Wildman–Crippen MR) is 118 cm³/mol. The van der Waals surface area contributed by atoms with Crippen LogP contribution in [0.3, 0.4) is 0 Å². The second-order valence-electron chi connectivity index (χ2n) is 7.40. The van der Waals surface area contributed by atoms with Crippen molar-refractivity contribution in [2.75, 3.05) is 4.90 Å². The van der Waals surface area contributed by atoms with Crippen LogP contribution in [0.15, 0.2) is 60.7 Å². The molecule has 0 aromatic heterocycles. The Morgan fingerprint density at radius 2 is 1.97 bits per heavy atom. The van der Waals surface area contributed by atoms with Crippen molar-refractivity contribution < 1.29 is 13.9 Å². The maximum Gasteiger partial charge on any atom is 0.258 e. The zero-order valence-electron chi connectivity index (χ0n) is 16.4. The standard InChI is InChI=1S/C24H20Cl2FNO2/c1-15-5-6-17-12-20(27)8-10-22(17)28(15)24(29)18-4-2-3-16(11-18)14-30-23-13-19(25)7-9-21(23)26/h2-4,7-13,15H,5-6,14H2,1H3/t15-/m0/s1. The van der Waals surface area contributed by atoms with E-state index in [1.165, 1.54) is 12.1 Å². The highest BCUT2D eigenvalue weighted by atomic mass is 35.5. The van der Waals surface area contributed by atoms with Gasteiger partial charge in [-0.25, -0.2) is 4.39 Å². The van der Waals surface area contributed by atoms with E-state index >= 15 is 0 Å². The lowest BCUT2D eigenvalue weighted by molar-refractivity contribution is 0.0975. The van der Waals surface area contributed by atoms with E-state index in [0.29, 0.717) is 21.4 Å². The van der Waals surface area contributed by atoms with E-state index in [1.54, 1.807) is 35.2 Å². The van der Waals surface area contributed by atoms with Crippen molar-refractivity contribution in [1.82, 2.24) is 0 Å².